The number of hydrogen-bond donors (Lipinski definition) is 2. The maximum atomic E-state index is 5.91. The van der Waals surface area contributed by atoms with Gasteiger partial charge in [0.1, 0.15) is 0 Å². The Morgan fingerprint density at radius 3 is 2.46 bits per heavy atom. The van der Waals surface area contributed by atoms with Gasteiger partial charge in [0.05, 0.1) is 0 Å². The van der Waals surface area contributed by atoms with Crippen molar-refractivity contribution in [3.63, 3.8) is 0 Å². The van der Waals surface area contributed by atoms with Gasteiger partial charge in [-0.05, 0) is 32.5 Å². The molecule has 1 rings (SSSR count). The van der Waals surface area contributed by atoms with Crippen molar-refractivity contribution in [2.75, 3.05) is 32.7 Å². The first-order valence-electron chi connectivity index (χ1n) is 5.45. The lowest BCUT2D eigenvalue weighted by atomic mass is 9.88. The van der Waals surface area contributed by atoms with E-state index in [1.54, 1.807) is 0 Å². The third-order valence-electron chi connectivity index (χ3n) is 3.26. The van der Waals surface area contributed by atoms with E-state index in [9.17, 15) is 0 Å². The van der Waals surface area contributed by atoms with E-state index in [1.165, 1.54) is 12.8 Å². The van der Waals surface area contributed by atoms with Gasteiger partial charge in [-0.2, -0.15) is 0 Å². The number of nitrogens with two attached hydrogens (primary N) is 1. The molecule has 0 aliphatic carbocycles. The van der Waals surface area contributed by atoms with Gasteiger partial charge in [-0.25, -0.2) is 0 Å². The van der Waals surface area contributed by atoms with E-state index in [1.807, 2.05) is 0 Å². The van der Waals surface area contributed by atoms with E-state index in [4.69, 9.17) is 5.73 Å². The molecular formula is C10H23N3. The number of nitrogens with zero attached hydrogens (tertiary/aromatic N) is 1. The summed E-state index contributed by atoms with van der Waals surface area (Å²) in [6.45, 7) is 9.64. The van der Waals surface area contributed by atoms with Gasteiger partial charge in [-0.3, -0.25) is 4.90 Å². The molecule has 0 spiro atoms. The Labute approximate surface area is 81.7 Å². The lowest BCUT2D eigenvalue weighted by Gasteiger charge is -2.45. The van der Waals surface area contributed by atoms with Crippen molar-refractivity contribution in [1.29, 1.82) is 0 Å². The van der Waals surface area contributed by atoms with Crippen molar-refractivity contribution in [1.82, 2.24) is 10.2 Å². The Balaban J connectivity index is 2.64. The normalized spacial score (nSPS) is 29.5. The molecule has 0 bridgehead atoms. The Morgan fingerprint density at radius 2 is 2.08 bits per heavy atom. The topological polar surface area (TPSA) is 41.3 Å². The van der Waals surface area contributed by atoms with E-state index in [0.717, 1.165) is 32.7 Å². The smallest absolute Gasteiger partial charge is 0.0456 e. The maximum Gasteiger partial charge on any atom is 0.0456 e. The maximum absolute atomic E-state index is 5.91. The monoisotopic (exact) mass is 185 g/mol. The molecule has 0 aromatic rings. The fraction of sp³-hybridized carbons (Fsp3) is 1.00. The molecule has 0 amide bonds. The highest BCUT2D eigenvalue weighted by Gasteiger charge is 2.34. The summed E-state index contributed by atoms with van der Waals surface area (Å²) in [5.74, 6) is 0. The zero-order chi connectivity index (χ0) is 9.73. The zero-order valence-electron chi connectivity index (χ0n) is 8.97. The summed E-state index contributed by atoms with van der Waals surface area (Å²) in [7, 11) is 0. The van der Waals surface area contributed by atoms with Crippen LogP contribution in [-0.2, 0) is 0 Å². The summed E-state index contributed by atoms with van der Waals surface area (Å²) in [6, 6.07) is 0. The van der Waals surface area contributed by atoms with E-state index >= 15 is 0 Å². The molecule has 0 radical (unpaired) electrons. The van der Waals surface area contributed by atoms with Crippen LogP contribution in [0.25, 0.3) is 0 Å². The average molecular weight is 185 g/mol. The molecule has 0 aromatic carbocycles. The first-order chi connectivity index (χ1) is 6.29. The molecule has 1 saturated heterocycles. The largest absolute Gasteiger partial charge is 0.329 e. The highest BCUT2D eigenvalue weighted by atomic mass is 15.2. The fourth-order valence-electron chi connectivity index (χ4n) is 2.42. The summed E-state index contributed by atoms with van der Waals surface area (Å²) in [6.07, 6.45) is 2.51. The number of likely N-dealkylation sites (N-methyl/N-ethyl adjacent to an activating group) is 1. The minimum absolute atomic E-state index is 0.238. The summed E-state index contributed by atoms with van der Waals surface area (Å²) in [5, 5.41) is 3.45. The van der Waals surface area contributed by atoms with Crippen LogP contribution in [0.2, 0.25) is 0 Å². The second-order valence-corrected chi connectivity index (χ2v) is 3.88. The van der Waals surface area contributed by atoms with Crippen molar-refractivity contribution in [3.8, 4) is 0 Å². The molecule has 3 heteroatoms. The van der Waals surface area contributed by atoms with E-state index in [-0.39, 0.29) is 5.54 Å². The number of piperidine rings is 1. The fourth-order valence-corrected chi connectivity index (χ4v) is 2.42. The van der Waals surface area contributed by atoms with Crippen molar-refractivity contribution in [2.24, 2.45) is 5.73 Å². The molecule has 78 valence electrons. The molecular weight excluding hydrogens is 162 g/mol. The highest BCUT2D eigenvalue weighted by molar-refractivity contribution is 4.95. The van der Waals surface area contributed by atoms with Crippen LogP contribution in [0.15, 0.2) is 0 Å². The van der Waals surface area contributed by atoms with Crippen LogP contribution in [-0.4, -0.2) is 43.2 Å². The van der Waals surface area contributed by atoms with Crippen molar-refractivity contribution >= 4 is 0 Å². The summed E-state index contributed by atoms with van der Waals surface area (Å²) in [4.78, 5) is 2.50. The van der Waals surface area contributed by atoms with Gasteiger partial charge >= 0.3 is 0 Å². The number of rotatable bonds is 4. The second-order valence-electron chi connectivity index (χ2n) is 3.88. The third-order valence-corrected chi connectivity index (χ3v) is 3.26. The quantitative estimate of drug-likeness (QED) is 0.666. The summed E-state index contributed by atoms with van der Waals surface area (Å²) in [5.41, 5.74) is 6.15. The predicted octanol–water partition coefficient (Wildman–Crippen LogP) is 0.409. The molecule has 1 aliphatic heterocycles. The highest BCUT2D eigenvalue weighted by Crippen LogP contribution is 2.22. The average Bonchev–Trinajstić information content (AvgIpc) is 2.21. The first kappa shape index (κ1) is 11.0. The lowest BCUT2D eigenvalue weighted by Crippen LogP contribution is -2.61. The van der Waals surface area contributed by atoms with Gasteiger partial charge in [-0.1, -0.05) is 13.8 Å². The molecule has 1 atom stereocenters. The van der Waals surface area contributed by atoms with Crippen LogP contribution in [0.1, 0.15) is 26.7 Å². The van der Waals surface area contributed by atoms with Gasteiger partial charge < -0.3 is 11.1 Å². The van der Waals surface area contributed by atoms with Crippen molar-refractivity contribution in [2.45, 2.75) is 32.2 Å². The summed E-state index contributed by atoms with van der Waals surface area (Å²) < 4.78 is 0. The lowest BCUT2D eigenvalue weighted by molar-refractivity contribution is 0.0790. The van der Waals surface area contributed by atoms with E-state index < -0.39 is 0 Å². The number of nitrogens with one attached hydrogen (secondary N) is 1. The van der Waals surface area contributed by atoms with Crippen LogP contribution in [0.3, 0.4) is 0 Å². The Kier molecular flexibility index (Phi) is 4.16. The number of hydrogen-bond acceptors (Lipinski definition) is 3. The van der Waals surface area contributed by atoms with Crippen LogP contribution >= 0.6 is 0 Å². The SMILES string of the molecule is CCN(CC)C1(CN)CCCNC1. The summed E-state index contributed by atoms with van der Waals surface area (Å²) >= 11 is 0. The zero-order valence-corrected chi connectivity index (χ0v) is 8.97. The molecule has 1 aliphatic rings. The second kappa shape index (κ2) is 4.94. The van der Waals surface area contributed by atoms with Gasteiger partial charge in [0.15, 0.2) is 0 Å². The molecule has 1 unspecified atom stereocenters. The van der Waals surface area contributed by atoms with Gasteiger partial charge in [-0.15, -0.1) is 0 Å². The third kappa shape index (κ3) is 2.22. The first-order valence-corrected chi connectivity index (χ1v) is 5.45. The predicted molar refractivity (Wildman–Crippen MR) is 56.8 cm³/mol. The Bertz CT molecular complexity index is 137. The molecule has 0 saturated carbocycles. The Morgan fingerprint density at radius 1 is 1.38 bits per heavy atom. The minimum Gasteiger partial charge on any atom is -0.329 e. The molecule has 13 heavy (non-hydrogen) atoms. The van der Waals surface area contributed by atoms with E-state index in [0.29, 0.717) is 0 Å². The van der Waals surface area contributed by atoms with Gasteiger partial charge in [0, 0.05) is 18.6 Å². The van der Waals surface area contributed by atoms with Crippen LogP contribution in [0.5, 0.6) is 0 Å². The van der Waals surface area contributed by atoms with E-state index in [2.05, 4.69) is 24.1 Å². The van der Waals surface area contributed by atoms with Crippen LogP contribution in [0, 0.1) is 0 Å². The molecule has 3 nitrogen and oxygen atoms in total. The van der Waals surface area contributed by atoms with Crippen molar-refractivity contribution < 1.29 is 0 Å². The molecule has 1 fully saturated rings. The van der Waals surface area contributed by atoms with Gasteiger partial charge in [0.2, 0.25) is 0 Å². The minimum atomic E-state index is 0.238. The standard InChI is InChI=1S/C10H23N3/c1-3-13(4-2)10(8-11)6-5-7-12-9-10/h12H,3-9,11H2,1-2H3. The molecule has 3 N–H and O–H groups in total. The molecule has 1 heterocycles. The van der Waals surface area contributed by atoms with Crippen LogP contribution < -0.4 is 11.1 Å². The van der Waals surface area contributed by atoms with Crippen LogP contribution in [0.4, 0.5) is 0 Å². The van der Waals surface area contributed by atoms with Crippen molar-refractivity contribution in [3.05, 3.63) is 0 Å². The molecule has 0 aromatic heterocycles. The van der Waals surface area contributed by atoms with Gasteiger partial charge in [0.25, 0.3) is 0 Å². The Hall–Kier alpha value is -0.120.